The van der Waals surface area contributed by atoms with Gasteiger partial charge in [0, 0.05) is 48.5 Å². The van der Waals surface area contributed by atoms with Crippen LogP contribution in [0, 0.1) is 0 Å². The number of benzene rings is 1. The van der Waals surface area contributed by atoms with Gasteiger partial charge < -0.3 is 14.5 Å². The molecule has 1 aliphatic rings. The van der Waals surface area contributed by atoms with Gasteiger partial charge in [-0.05, 0) is 42.8 Å². The van der Waals surface area contributed by atoms with Crippen LogP contribution in [0.2, 0.25) is 0 Å². The van der Waals surface area contributed by atoms with Crippen LogP contribution < -0.4 is 9.64 Å². The van der Waals surface area contributed by atoms with Gasteiger partial charge in [-0.1, -0.05) is 15.9 Å². The highest BCUT2D eigenvalue weighted by molar-refractivity contribution is 9.10. The van der Waals surface area contributed by atoms with Crippen LogP contribution in [0.5, 0.6) is 5.75 Å². The number of alkyl halides is 3. The number of amides is 1. The summed E-state index contributed by atoms with van der Waals surface area (Å²) in [7, 11) is 1.57. The fourth-order valence-electron chi connectivity index (χ4n) is 3.21. The molecule has 0 aliphatic carbocycles. The maximum absolute atomic E-state index is 12.7. The maximum atomic E-state index is 12.7. The maximum Gasteiger partial charge on any atom is 0.417 e. The molecule has 3 rings (SSSR count). The monoisotopic (exact) mass is 483 g/mol. The van der Waals surface area contributed by atoms with E-state index in [2.05, 4.69) is 20.9 Å². The summed E-state index contributed by atoms with van der Waals surface area (Å²) < 4.78 is 44.3. The summed E-state index contributed by atoms with van der Waals surface area (Å²) in [5.74, 6) is 1.02. The van der Waals surface area contributed by atoms with Crippen molar-refractivity contribution in [1.29, 1.82) is 0 Å². The van der Waals surface area contributed by atoms with Gasteiger partial charge >= 0.3 is 6.18 Å². The van der Waals surface area contributed by atoms with Crippen LogP contribution in [0.3, 0.4) is 0 Å². The Morgan fingerprint density at radius 3 is 2.63 bits per heavy atom. The molecule has 0 unspecified atom stereocenters. The molecule has 0 atom stereocenters. The second-order valence-corrected chi connectivity index (χ2v) is 7.70. The first-order valence-electron chi connectivity index (χ1n) is 9.36. The number of carbonyl (C=O) groups excluding carboxylic acids is 1. The standard InChI is InChI=1S/C21H21BrF3N3O2/c1-30-18-6-5-17(22)13-15(18)3-8-20(29)28-10-2-9-27(11-12-28)19-7-4-16(14-26-19)21(23,24)25/h3-8,13-14H,2,9-12H2,1H3/b8-3+. The number of aromatic nitrogens is 1. The van der Waals surface area contributed by atoms with Gasteiger partial charge in [-0.3, -0.25) is 4.79 Å². The number of hydrogen-bond donors (Lipinski definition) is 0. The number of methoxy groups -OCH3 is 1. The van der Waals surface area contributed by atoms with E-state index in [9.17, 15) is 18.0 Å². The summed E-state index contributed by atoms with van der Waals surface area (Å²) in [4.78, 5) is 20.2. The molecule has 0 spiro atoms. The van der Waals surface area contributed by atoms with Crippen molar-refractivity contribution in [3.05, 3.63) is 58.2 Å². The summed E-state index contributed by atoms with van der Waals surface area (Å²) in [6.45, 7) is 2.14. The van der Waals surface area contributed by atoms with Crippen LogP contribution in [-0.2, 0) is 11.0 Å². The molecule has 1 aromatic carbocycles. The minimum atomic E-state index is -4.41. The Hall–Kier alpha value is -2.55. The van der Waals surface area contributed by atoms with Crippen molar-refractivity contribution in [2.45, 2.75) is 12.6 Å². The van der Waals surface area contributed by atoms with Crippen molar-refractivity contribution < 1.29 is 22.7 Å². The number of ether oxygens (including phenoxy) is 1. The molecule has 1 amide bonds. The first-order valence-corrected chi connectivity index (χ1v) is 10.2. The Morgan fingerprint density at radius 2 is 1.97 bits per heavy atom. The summed E-state index contributed by atoms with van der Waals surface area (Å²) in [6.07, 6.45) is 0.360. The van der Waals surface area contributed by atoms with E-state index in [4.69, 9.17) is 4.74 Å². The summed E-state index contributed by atoms with van der Waals surface area (Å²) >= 11 is 3.40. The third-order valence-corrected chi connectivity index (χ3v) is 5.30. The molecule has 2 aromatic rings. The highest BCUT2D eigenvalue weighted by Gasteiger charge is 2.31. The number of pyridine rings is 1. The van der Waals surface area contributed by atoms with Gasteiger partial charge in [0.1, 0.15) is 11.6 Å². The molecule has 0 radical (unpaired) electrons. The smallest absolute Gasteiger partial charge is 0.417 e. The van der Waals surface area contributed by atoms with Gasteiger partial charge in [-0.15, -0.1) is 0 Å². The minimum absolute atomic E-state index is 0.126. The van der Waals surface area contributed by atoms with Gasteiger partial charge in [-0.25, -0.2) is 4.98 Å². The number of halogens is 4. The predicted molar refractivity (Wildman–Crippen MR) is 112 cm³/mol. The number of nitrogens with zero attached hydrogens (tertiary/aromatic N) is 3. The van der Waals surface area contributed by atoms with E-state index in [-0.39, 0.29) is 5.91 Å². The lowest BCUT2D eigenvalue weighted by Crippen LogP contribution is -2.34. The van der Waals surface area contributed by atoms with E-state index in [1.54, 1.807) is 18.1 Å². The van der Waals surface area contributed by atoms with Gasteiger partial charge in [-0.2, -0.15) is 13.2 Å². The van der Waals surface area contributed by atoms with Crippen molar-refractivity contribution in [2.24, 2.45) is 0 Å². The lowest BCUT2D eigenvalue weighted by molar-refractivity contribution is -0.137. The molecule has 1 aromatic heterocycles. The average molecular weight is 484 g/mol. The SMILES string of the molecule is COc1ccc(Br)cc1/C=C/C(=O)N1CCCN(c2ccc(C(F)(F)F)cn2)CC1. The minimum Gasteiger partial charge on any atom is -0.496 e. The molecular formula is C21H21BrF3N3O2. The van der Waals surface area contributed by atoms with Crippen molar-refractivity contribution in [1.82, 2.24) is 9.88 Å². The highest BCUT2D eigenvalue weighted by atomic mass is 79.9. The number of hydrogen-bond acceptors (Lipinski definition) is 4. The van der Waals surface area contributed by atoms with Crippen LogP contribution in [0.4, 0.5) is 19.0 Å². The molecule has 1 fully saturated rings. The molecule has 160 valence electrons. The van der Waals surface area contributed by atoms with Crippen LogP contribution in [0.1, 0.15) is 17.5 Å². The van der Waals surface area contributed by atoms with Crippen LogP contribution >= 0.6 is 15.9 Å². The molecule has 1 aliphatic heterocycles. The Bertz CT molecular complexity index is 917. The van der Waals surface area contributed by atoms with Gasteiger partial charge in [0.05, 0.1) is 12.7 Å². The third kappa shape index (κ3) is 5.53. The normalized spacial score (nSPS) is 15.4. The highest BCUT2D eigenvalue weighted by Crippen LogP contribution is 2.29. The van der Waals surface area contributed by atoms with E-state index in [1.807, 2.05) is 23.1 Å². The Kier molecular flexibility index (Phi) is 7.02. The zero-order valence-electron chi connectivity index (χ0n) is 16.3. The van der Waals surface area contributed by atoms with E-state index < -0.39 is 11.7 Å². The van der Waals surface area contributed by atoms with Crippen molar-refractivity contribution in [2.75, 3.05) is 38.2 Å². The fourth-order valence-corrected chi connectivity index (χ4v) is 3.59. The molecule has 2 heterocycles. The molecule has 0 N–H and O–H groups in total. The summed E-state index contributed by atoms with van der Waals surface area (Å²) in [6, 6.07) is 7.94. The molecule has 30 heavy (non-hydrogen) atoms. The third-order valence-electron chi connectivity index (χ3n) is 4.80. The number of anilines is 1. The van der Waals surface area contributed by atoms with Crippen LogP contribution in [0.15, 0.2) is 47.1 Å². The first-order chi connectivity index (χ1) is 14.3. The lowest BCUT2D eigenvalue weighted by atomic mass is 10.2. The number of rotatable bonds is 4. The van der Waals surface area contributed by atoms with Gasteiger partial charge in [0.2, 0.25) is 5.91 Å². The van der Waals surface area contributed by atoms with Crippen molar-refractivity contribution >= 4 is 33.7 Å². The zero-order valence-corrected chi connectivity index (χ0v) is 17.9. The molecule has 9 heteroatoms. The van der Waals surface area contributed by atoms with Crippen LogP contribution in [-0.4, -0.2) is 49.1 Å². The number of carbonyl (C=O) groups is 1. The van der Waals surface area contributed by atoms with E-state index in [0.717, 1.165) is 22.3 Å². The predicted octanol–water partition coefficient (Wildman–Crippen LogP) is 4.62. The lowest BCUT2D eigenvalue weighted by Gasteiger charge is -2.22. The van der Waals surface area contributed by atoms with E-state index >= 15 is 0 Å². The summed E-state index contributed by atoms with van der Waals surface area (Å²) in [5.41, 5.74) is 0.0108. The summed E-state index contributed by atoms with van der Waals surface area (Å²) in [5, 5.41) is 0. The van der Waals surface area contributed by atoms with Gasteiger partial charge in [0.15, 0.2) is 0 Å². The first kappa shape index (κ1) is 22.1. The second kappa shape index (κ2) is 9.51. The van der Waals surface area contributed by atoms with E-state index in [1.165, 1.54) is 12.1 Å². The molecule has 0 bridgehead atoms. The quantitative estimate of drug-likeness (QED) is 0.595. The Morgan fingerprint density at radius 1 is 1.17 bits per heavy atom. The van der Waals surface area contributed by atoms with Crippen molar-refractivity contribution in [3.63, 3.8) is 0 Å². The van der Waals surface area contributed by atoms with Crippen molar-refractivity contribution in [3.8, 4) is 5.75 Å². The molecule has 0 saturated carbocycles. The molecule has 1 saturated heterocycles. The zero-order chi connectivity index (χ0) is 21.7. The van der Waals surface area contributed by atoms with E-state index in [0.29, 0.717) is 44.2 Å². The average Bonchev–Trinajstić information content (AvgIpc) is 2.98. The molecule has 5 nitrogen and oxygen atoms in total. The second-order valence-electron chi connectivity index (χ2n) is 6.79. The largest absolute Gasteiger partial charge is 0.496 e. The topological polar surface area (TPSA) is 45.7 Å². The van der Waals surface area contributed by atoms with Crippen LogP contribution in [0.25, 0.3) is 6.08 Å². The van der Waals surface area contributed by atoms with Gasteiger partial charge in [0.25, 0.3) is 0 Å². The fraction of sp³-hybridized carbons (Fsp3) is 0.333. The Balaban J connectivity index is 1.63. The molecular weight excluding hydrogens is 463 g/mol. The Labute approximate surface area is 181 Å².